The molecule has 0 spiro atoms. The van der Waals surface area contributed by atoms with Gasteiger partial charge in [-0.25, -0.2) is 4.79 Å². The van der Waals surface area contributed by atoms with E-state index < -0.39 is 0 Å². The highest BCUT2D eigenvalue weighted by Crippen LogP contribution is 2.21. The van der Waals surface area contributed by atoms with Crippen molar-refractivity contribution in [1.82, 2.24) is 0 Å². The van der Waals surface area contributed by atoms with Crippen LogP contribution in [0.25, 0.3) is 0 Å². The van der Waals surface area contributed by atoms with Crippen LogP contribution in [0.2, 0.25) is 0 Å². The van der Waals surface area contributed by atoms with Gasteiger partial charge in [0.05, 0.1) is 20.7 Å². The Morgan fingerprint density at radius 3 is 1.90 bits per heavy atom. The second kappa shape index (κ2) is 18.5. The molecule has 4 heteroatoms. The minimum atomic E-state index is -0.0866. The predicted molar refractivity (Wildman–Crippen MR) is 128 cm³/mol. The molecule has 1 rings (SSSR count). The number of likely N-dealkylation sites (N-methyl/N-ethyl adjacent to an activating group) is 1. The molecule has 0 aliphatic heterocycles. The number of hydrogen-bond acceptors (Lipinski definition) is 2. The molecule has 31 heavy (non-hydrogen) atoms. The highest BCUT2D eigenvalue weighted by Gasteiger charge is 2.35. The van der Waals surface area contributed by atoms with Crippen LogP contribution >= 0.6 is 0 Å². The zero-order valence-corrected chi connectivity index (χ0v) is 21.5. The standard InChI is InChI=1S/C27H48NO2.ClH/c1-5-7-9-11-12-13-14-18-22-26(27(29)30-23-19-10-8-6-2)28(3,4)24-25-20-16-15-17-21-25;/h15-17,20-21,26H,5-14,18-19,22-24H2,1-4H3;1H/q+1;/p-1. The monoisotopic (exact) mass is 453 g/mol. The molecule has 0 aliphatic rings. The third-order valence-corrected chi connectivity index (χ3v) is 6.12. The molecular weight excluding hydrogens is 406 g/mol. The fraction of sp³-hybridized carbons (Fsp3) is 0.741. The molecule has 0 aromatic heterocycles. The number of hydrogen-bond donors (Lipinski definition) is 0. The van der Waals surface area contributed by atoms with Gasteiger partial charge in [0, 0.05) is 12.0 Å². The summed E-state index contributed by atoms with van der Waals surface area (Å²) in [5.74, 6) is -0.00428. The lowest BCUT2D eigenvalue weighted by molar-refractivity contribution is -0.920. The molecule has 0 fully saturated rings. The molecule has 1 aromatic rings. The quantitative estimate of drug-likeness (QED) is 0.188. The molecule has 0 amide bonds. The molecule has 1 atom stereocenters. The fourth-order valence-corrected chi connectivity index (χ4v) is 4.19. The molecule has 0 aliphatic carbocycles. The number of esters is 1. The first kappa shape index (κ1) is 29.9. The van der Waals surface area contributed by atoms with Crippen molar-refractivity contribution in [3.8, 4) is 0 Å². The van der Waals surface area contributed by atoms with Gasteiger partial charge in [-0.1, -0.05) is 108 Å². The Hall–Kier alpha value is -1.06. The molecule has 0 bridgehead atoms. The Labute approximate surface area is 198 Å². The summed E-state index contributed by atoms with van der Waals surface area (Å²) in [5, 5.41) is 0. The Morgan fingerprint density at radius 1 is 0.806 bits per heavy atom. The second-order valence-corrected chi connectivity index (χ2v) is 9.43. The molecule has 0 saturated carbocycles. The lowest BCUT2D eigenvalue weighted by Crippen LogP contribution is -3.00. The summed E-state index contributed by atoms with van der Waals surface area (Å²) in [4.78, 5) is 13.0. The van der Waals surface area contributed by atoms with E-state index in [1.807, 2.05) is 6.07 Å². The maximum absolute atomic E-state index is 13.0. The molecule has 3 nitrogen and oxygen atoms in total. The first-order valence-corrected chi connectivity index (χ1v) is 12.5. The van der Waals surface area contributed by atoms with Crippen LogP contribution in [0, 0.1) is 0 Å². The normalized spacial score (nSPS) is 12.3. The molecule has 0 saturated heterocycles. The second-order valence-electron chi connectivity index (χ2n) is 9.43. The van der Waals surface area contributed by atoms with Crippen LogP contribution in [-0.2, 0) is 16.1 Å². The van der Waals surface area contributed by atoms with E-state index in [0.717, 1.165) is 32.2 Å². The summed E-state index contributed by atoms with van der Waals surface area (Å²) < 4.78 is 6.40. The maximum Gasteiger partial charge on any atom is 0.364 e. The van der Waals surface area contributed by atoms with Crippen molar-refractivity contribution in [3.63, 3.8) is 0 Å². The Kier molecular flexibility index (Phi) is 17.9. The molecule has 0 heterocycles. The molecule has 1 unspecified atom stereocenters. The van der Waals surface area contributed by atoms with Gasteiger partial charge in [-0.3, -0.25) is 0 Å². The molecule has 0 radical (unpaired) electrons. The molecule has 0 N–H and O–H groups in total. The number of unbranched alkanes of at least 4 members (excludes halogenated alkanes) is 10. The summed E-state index contributed by atoms with van der Waals surface area (Å²) >= 11 is 0. The number of benzene rings is 1. The smallest absolute Gasteiger partial charge is 0.364 e. The van der Waals surface area contributed by atoms with Gasteiger partial charge in [0.25, 0.3) is 0 Å². The van der Waals surface area contributed by atoms with Crippen molar-refractivity contribution in [2.75, 3.05) is 20.7 Å². The van der Waals surface area contributed by atoms with E-state index in [-0.39, 0.29) is 24.4 Å². The number of quaternary nitrogens is 1. The first-order chi connectivity index (χ1) is 14.5. The average molecular weight is 454 g/mol. The van der Waals surface area contributed by atoms with Crippen molar-refractivity contribution in [2.45, 2.75) is 110 Å². The summed E-state index contributed by atoms with van der Waals surface area (Å²) in [6.07, 6.45) is 15.8. The van der Waals surface area contributed by atoms with E-state index >= 15 is 0 Å². The van der Waals surface area contributed by atoms with Crippen LogP contribution in [0.15, 0.2) is 30.3 Å². The van der Waals surface area contributed by atoms with Crippen molar-refractivity contribution >= 4 is 5.97 Å². The van der Waals surface area contributed by atoms with E-state index in [4.69, 9.17) is 4.74 Å². The van der Waals surface area contributed by atoms with Gasteiger partial charge in [-0.15, -0.1) is 0 Å². The van der Waals surface area contributed by atoms with E-state index in [0.29, 0.717) is 11.1 Å². The number of ether oxygens (including phenoxy) is 1. The van der Waals surface area contributed by atoms with Gasteiger partial charge in [0.1, 0.15) is 6.54 Å². The van der Waals surface area contributed by atoms with Gasteiger partial charge in [-0.05, 0) is 12.8 Å². The molecule has 1 aromatic carbocycles. The Morgan fingerprint density at radius 2 is 1.32 bits per heavy atom. The van der Waals surface area contributed by atoms with Crippen molar-refractivity contribution in [1.29, 1.82) is 0 Å². The van der Waals surface area contributed by atoms with Crippen molar-refractivity contribution in [3.05, 3.63) is 35.9 Å². The summed E-state index contributed by atoms with van der Waals surface area (Å²) in [6, 6.07) is 10.4. The van der Waals surface area contributed by atoms with Gasteiger partial charge >= 0.3 is 5.97 Å². The Bertz CT molecular complexity index is 547. The minimum absolute atomic E-state index is 0. The predicted octanol–water partition coefficient (Wildman–Crippen LogP) is 4.29. The largest absolute Gasteiger partial charge is 1.00 e. The van der Waals surface area contributed by atoms with Crippen LogP contribution in [0.4, 0.5) is 0 Å². The molecular formula is C27H48ClNO2. The summed E-state index contributed by atoms with van der Waals surface area (Å²) in [5.41, 5.74) is 1.28. The van der Waals surface area contributed by atoms with Crippen LogP contribution in [0.1, 0.15) is 103 Å². The van der Waals surface area contributed by atoms with Gasteiger partial charge in [0.2, 0.25) is 0 Å². The van der Waals surface area contributed by atoms with Crippen LogP contribution in [0.5, 0.6) is 0 Å². The highest BCUT2D eigenvalue weighted by molar-refractivity contribution is 5.74. The number of carbonyl (C=O) groups excluding carboxylic acids is 1. The number of rotatable bonds is 18. The summed E-state index contributed by atoms with van der Waals surface area (Å²) in [7, 11) is 4.36. The fourth-order valence-electron chi connectivity index (χ4n) is 4.19. The maximum atomic E-state index is 13.0. The van der Waals surface area contributed by atoms with E-state index in [9.17, 15) is 4.79 Å². The van der Waals surface area contributed by atoms with Crippen molar-refractivity contribution in [2.24, 2.45) is 0 Å². The van der Waals surface area contributed by atoms with Gasteiger partial charge in [0.15, 0.2) is 6.04 Å². The number of carbonyl (C=O) groups is 1. The van der Waals surface area contributed by atoms with E-state index in [1.165, 1.54) is 63.4 Å². The van der Waals surface area contributed by atoms with Crippen LogP contribution in [0.3, 0.4) is 0 Å². The zero-order valence-electron chi connectivity index (χ0n) is 20.7. The van der Waals surface area contributed by atoms with E-state index in [2.05, 4.69) is 52.2 Å². The SMILES string of the molecule is CCCCCCCCCCC(C(=O)OCCCCCC)[N+](C)(C)Cc1ccccc1.[Cl-]. The lowest BCUT2D eigenvalue weighted by Gasteiger charge is -2.36. The average Bonchev–Trinajstić information content (AvgIpc) is 2.72. The van der Waals surface area contributed by atoms with Crippen molar-refractivity contribution < 1.29 is 26.4 Å². The number of nitrogens with zero attached hydrogens (tertiary/aromatic N) is 1. The zero-order chi connectivity index (χ0) is 22.1. The highest BCUT2D eigenvalue weighted by atomic mass is 35.5. The Balaban J connectivity index is 0.00000900. The van der Waals surface area contributed by atoms with Gasteiger partial charge < -0.3 is 21.6 Å². The van der Waals surface area contributed by atoms with E-state index in [1.54, 1.807) is 0 Å². The third-order valence-electron chi connectivity index (χ3n) is 6.12. The molecule has 180 valence electrons. The van der Waals surface area contributed by atoms with Crippen LogP contribution < -0.4 is 12.4 Å². The first-order valence-electron chi connectivity index (χ1n) is 12.5. The summed E-state index contributed by atoms with van der Waals surface area (Å²) in [6.45, 7) is 5.89. The van der Waals surface area contributed by atoms with Gasteiger partial charge in [-0.2, -0.15) is 0 Å². The minimum Gasteiger partial charge on any atom is -1.00 e. The number of halogens is 1. The lowest BCUT2D eigenvalue weighted by atomic mass is 10.0. The van der Waals surface area contributed by atoms with Crippen LogP contribution in [-0.4, -0.2) is 37.2 Å². The third kappa shape index (κ3) is 13.9. The topological polar surface area (TPSA) is 26.3 Å².